The minimum atomic E-state index is -2.06. The van der Waals surface area contributed by atoms with Crippen LogP contribution in [0.5, 0.6) is 5.75 Å². The summed E-state index contributed by atoms with van der Waals surface area (Å²) in [7, 11) is 3.67. The number of aromatic nitrogens is 2. The molecule has 0 bridgehead atoms. The number of carboxylic acid groups (broad SMARTS) is 3. The maximum Gasteiger partial charge on any atom is 0.323 e. The van der Waals surface area contributed by atoms with Gasteiger partial charge in [0.1, 0.15) is 96.9 Å². The van der Waals surface area contributed by atoms with Crippen molar-refractivity contribution in [1.82, 2.24) is 87.2 Å². The number of nitrogens with one attached hydrogen (secondary N) is 11. The molecule has 0 aliphatic carbocycles. The molecule has 3 aromatic carbocycles. The first-order valence-corrected chi connectivity index (χ1v) is 45.6. The minimum Gasteiger partial charge on any atom is -0.508 e. The summed E-state index contributed by atoms with van der Waals surface area (Å²) in [6.07, 6.45) is -1.36. The molecule has 5 aromatic rings. The highest BCUT2D eigenvalue weighted by molar-refractivity contribution is 8.00. The fourth-order valence-corrected chi connectivity index (χ4v) is 17.3. The topological polar surface area (TPSA) is 661 Å². The molecular formula is C89H124N20O24S. The van der Waals surface area contributed by atoms with Crippen LogP contribution in [0.15, 0.2) is 85.2 Å². The fraction of sp³-hybridized carbons (Fsp3) is 0.539. The monoisotopic (exact) mass is 1890 g/mol. The van der Waals surface area contributed by atoms with Crippen LogP contribution in [-0.4, -0.2) is 328 Å². The van der Waals surface area contributed by atoms with Crippen LogP contribution >= 0.6 is 11.8 Å². The average molecular weight is 1890 g/mol. The Morgan fingerprint density at radius 1 is 0.545 bits per heavy atom. The quantitative estimate of drug-likeness (QED) is 0.0259. The van der Waals surface area contributed by atoms with E-state index >= 15 is 33.6 Å². The van der Waals surface area contributed by atoms with Crippen LogP contribution < -0.4 is 70.4 Å². The van der Waals surface area contributed by atoms with Gasteiger partial charge in [-0.3, -0.25) is 91.1 Å². The zero-order valence-electron chi connectivity index (χ0n) is 76.1. The van der Waals surface area contributed by atoms with Crippen LogP contribution in [-0.2, 0) is 117 Å². The van der Waals surface area contributed by atoms with Gasteiger partial charge in [-0.05, 0) is 98.9 Å². The van der Waals surface area contributed by atoms with Gasteiger partial charge in [-0.2, -0.15) is 0 Å². The van der Waals surface area contributed by atoms with Crippen LogP contribution in [0.2, 0.25) is 0 Å². The lowest BCUT2D eigenvalue weighted by Gasteiger charge is -2.36. The Hall–Kier alpha value is -13.3. The first-order valence-electron chi connectivity index (χ1n) is 44.5. The third-order valence-corrected chi connectivity index (χ3v) is 24.8. The SMILES string of the molecule is CCCC[C@H]1C(=O)N(C)[C@@H](CCCC)C(=O)N[C@@H](CC(=O)O)C(=O)N[C@H](C(=O)NCC(N)=O)CSCC(=O)N[C@@H](Cc2ccc(O)cc2)C(=O)N(C)[C@@H](C)C(=O)N[C@@H](CC(=O)O)C(=O)N2CCCC2C(=O)N[C@@H](CN)C(=O)N[C@@H](CC(C)C)C(=O)N2C[C@H](O)C[C@H]2C(=O)N[C@@H](Cc2c[nH]c3ccccc23)C(=O)N[C@@H](CCN)C(=O)N[C@@H](Cc2cn(CC(=O)O)c3ccccc23)C(=O)N1C. The van der Waals surface area contributed by atoms with Gasteiger partial charge in [0.2, 0.25) is 94.5 Å². The van der Waals surface area contributed by atoms with Crippen molar-refractivity contribution in [2.45, 2.75) is 235 Å². The summed E-state index contributed by atoms with van der Waals surface area (Å²) in [5.74, 6) is -22.6. The van der Waals surface area contributed by atoms with Crippen LogP contribution in [0, 0.1) is 5.92 Å². The number of para-hydroxylation sites is 2. The summed E-state index contributed by atoms with van der Waals surface area (Å²) < 4.78 is 1.41. The Balaban J connectivity index is 1.21. The number of hydrogen-bond donors (Lipinski definition) is 19. The van der Waals surface area contributed by atoms with Crippen molar-refractivity contribution in [3.8, 4) is 5.75 Å². The first kappa shape index (κ1) is 106. The first-order chi connectivity index (χ1) is 63.6. The molecule has 3 fully saturated rings. The van der Waals surface area contributed by atoms with Gasteiger partial charge in [0.25, 0.3) is 0 Å². The van der Waals surface area contributed by atoms with Gasteiger partial charge in [-0.1, -0.05) is 102 Å². The number of hydrogen-bond acceptors (Lipinski definition) is 24. The third-order valence-electron chi connectivity index (χ3n) is 23.7. The van der Waals surface area contributed by atoms with Crippen molar-refractivity contribution in [1.29, 1.82) is 0 Å². The zero-order valence-corrected chi connectivity index (χ0v) is 76.9. The van der Waals surface area contributed by atoms with Crippen molar-refractivity contribution in [2.75, 3.05) is 65.4 Å². The highest BCUT2D eigenvalue weighted by Crippen LogP contribution is 2.29. The second-order valence-electron chi connectivity index (χ2n) is 34.2. The molecule has 22 N–H and O–H groups in total. The fourth-order valence-electron chi connectivity index (χ4n) is 16.5. The molecule has 0 saturated carbocycles. The number of carbonyl (C=O) groups excluding carboxylic acids is 16. The maximum atomic E-state index is 15.9. The molecule has 0 radical (unpaired) electrons. The molecule has 1 unspecified atom stereocenters. The summed E-state index contributed by atoms with van der Waals surface area (Å²) in [6.45, 7) is 5.25. The number of carboxylic acids is 3. The number of unbranched alkanes of at least 4 members (excludes halogenated alkanes) is 2. The number of aliphatic carboxylic acids is 3. The van der Waals surface area contributed by atoms with Crippen LogP contribution in [0.25, 0.3) is 21.8 Å². The summed E-state index contributed by atoms with van der Waals surface area (Å²) in [4.78, 5) is 281. The molecule has 0 spiro atoms. The summed E-state index contributed by atoms with van der Waals surface area (Å²) >= 11 is 0.658. The van der Waals surface area contributed by atoms with E-state index in [0.29, 0.717) is 63.1 Å². The second-order valence-corrected chi connectivity index (χ2v) is 35.2. The smallest absolute Gasteiger partial charge is 0.323 e. The molecule has 16 amide bonds. The summed E-state index contributed by atoms with van der Waals surface area (Å²) in [6, 6.07) is -4.21. The number of aromatic amines is 1. The molecular weight excluding hydrogens is 1770 g/mol. The number of amides is 16. The van der Waals surface area contributed by atoms with E-state index in [-0.39, 0.29) is 89.0 Å². The number of carbonyl (C=O) groups is 19. The van der Waals surface area contributed by atoms with E-state index in [1.807, 2.05) is 0 Å². The Kier molecular flexibility index (Phi) is 39.6. The predicted octanol–water partition coefficient (Wildman–Crippen LogP) is -3.21. The van der Waals surface area contributed by atoms with Crippen molar-refractivity contribution >= 4 is 146 Å². The lowest BCUT2D eigenvalue weighted by Crippen LogP contribution is -2.62. The molecule has 2 aromatic heterocycles. The molecule has 5 heterocycles. The molecule has 3 aliphatic rings. The number of phenols is 1. The van der Waals surface area contributed by atoms with E-state index in [2.05, 4.69) is 58.2 Å². The number of nitrogens with two attached hydrogens (primary N) is 3. The van der Waals surface area contributed by atoms with E-state index in [9.17, 15) is 83.1 Å². The van der Waals surface area contributed by atoms with Gasteiger partial charge in [0.15, 0.2) is 0 Å². The van der Waals surface area contributed by atoms with Crippen LogP contribution in [0.3, 0.4) is 0 Å². The molecule has 134 heavy (non-hydrogen) atoms. The van der Waals surface area contributed by atoms with Crippen molar-refractivity contribution in [3.63, 3.8) is 0 Å². The highest BCUT2D eigenvalue weighted by atomic mass is 32.2. The van der Waals surface area contributed by atoms with Gasteiger partial charge in [0.05, 0.1) is 31.2 Å². The Labute approximate surface area is 776 Å². The Morgan fingerprint density at radius 3 is 1.73 bits per heavy atom. The number of primary amides is 1. The van der Waals surface area contributed by atoms with E-state index in [4.69, 9.17) is 17.2 Å². The summed E-state index contributed by atoms with van der Waals surface area (Å²) in [5.41, 5.74) is 19.9. The third kappa shape index (κ3) is 29.1. The number of thioether (sulfide) groups is 1. The Morgan fingerprint density at radius 2 is 1.09 bits per heavy atom. The van der Waals surface area contributed by atoms with Gasteiger partial charge >= 0.3 is 17.9 Å². The lowest BCUT2D eigenvalue weighted by atomic mass is 9.99. The van der Waals surface area contributed by atoms with Crippen molar-refractivity contribution in [3.05, 3.63) is 102 Å². The molecule has 44 nitrogen and oxygen atoms in total. The molecule has 8 rings (SSSR count). The van der Waals surface area contributed by atoms with Crippen LogP contribution in [0.4, 0.5) is 0 Å². The normalized spacial score (nSPS) is 24.9. The largest absolute Gasteiger partial charge is 0.508 e. The number of fused-ring (bicyclic) bond motifs is 4. The van der Waals surface area contributed by atoms with Crippen molar-refractivity contribution < 1.29 is 117 Å². The number of aliphatic hydroxyl groups is 1. The Bertz CT molecular complexity index is 5110. The number of benzene rings is 3. The maximum absolute atomic E-state index is 15.9. The van der Waals surface area contributed by atoms with Gasteiger partial charge in [-0.25, -0.2) is 0 Å². The molecule has 730 valence electrons. The van der Waals surface area contributed by atoms with Crippen molar-refractivity contribution in [2.24, 2.45) is 23.1 Å². The number of aromatic hydroxyl groups is 1. The van der Waals surface area contributed by atoms with E-state index in [1.54, 1.807) is 82.4 Å². The molecule has 3 aliphatic heterocycles. The minimum absolute atomic E-state index is 0.0656. The lowest BCUT2D eigenvalue weighted by molar-refractivity contribution is -0.149. The molecule has 3 saturated heterocycles. The number of phenolic OH excluding ortho intramolecular Hbond substituents is 1. The highest BCUT2D eigenvalue weighted by Gasteiger charge is 2.47. The number of aliphatic hydroxyl groups excluding tert-OH is 1. The number of likely N-dealkylation sites (N-methyl/N-ethyl adjacent to an activating group) is 3. The van der Waals surface area contributed by atoms with Crippen LogP contribution in [0.1, 0.15) is 135 Å². The molecule has 45 heteroatoms. The van der Waals surface area contributed by atoms with E-state index in [0.717, 1.165) is 31.5 Å². The number of nitrogens with zero attached hydrogens (tertiary/aromatic N) is 6. The zero-order chi connectivity index (χ0) is 98.6. The van der Waals surface area contributed by atoms with E-state index in [1.165, 1.54) is 56.0 Å². The van der Waals surface area contributed by atoms with Gasteiger partial charge in [0, 0.05) is 106 Å². The van der Waals surface area contributed by atoms with Gasteiger partial charge in [-0.15, -0.1) is 11.8 Å². The van der Waals surface area contributed by atoms with E-state index < -0.39 is 266 Å². The standard InChI is InChI=1S/C89H124N20O24S/c1-9-11-21-67-82(126)98-59(37-73(114)115)80(124)103-65(77(121)94-41-71(92)112)45-134-46-72(113)95-61(33-49-25-27-52(110)28-26-49)85(129)104(6)48(5)76(120)99-63(38-74(116)117)87(131)108-31-17-24-68(108)83(127)102-64(39-91)81(125)100-60(32-47(3)4)88(132)109-43-53(111)36-70(109)84(128)97-58(34-50-40-93-56-20-15-13-18-54(50)56)79(123)96-57(29-30-90)78(122)101-62(86(130)106(8)69(22-12-10-2)89(133)105(67)7)35-51-42-107(44-75(118)119)66-23-16-14-19-55(51)66/h13-16,18-20,23,25-28,40,42,47-48,53,57-65,67-70,93,110-111H,9-12,17,21-22,24,29-39,41,43-46,90-91H2,1-8H3,(H2,92,112)(H,94,121)(H,95,113)(H,96,123)(H,97,128)(H,98,126)(H,99,120)(H,100,125)(H,101,122)(H,102,127)(H,103,124)(H,114,115)(H,116,117)(H,118,119)/t48-,53+,57-,58-,59-,60-,61-,62-,63-,64-,65-,67-,68?,69-,70-/m0/s1. The average Bonchev–Trinajstić information content (AvgIpc) is 1.64. The van der Waals surface area contributed by atoms with Gasteiger partial charge < -0.3 is 130 Å². The number of H-pyrrole nitrogens is 1. The number of rotatable bonds is 26. The summed E-state index contributed by atoms with van der Waals surface area (Å²) in [5, 5.41) is 78.6. The second kappa shape index (κ2) is 50.0. The predicted molar refractivity (Wildman–Crippen MR) is 486 cm³/mol. The molecule has 15 atom stereocenters.